The van der Waals surface area contributed by atoms with Gasteiger partial charge in [0.1, 0.15) is 9.13 Å². The molecule has 0 spiro atoms. The van der Waals surface area contributed by atoms with E-state index in [-0.39, 0.29) is 30.5 Å². The number of thioether (sulfide) groups is 2. The van der Waals surface area contributed by atoms with Gasteiger partial charge in [0, 0.05) is 37.4 Å². The first-order valence-corrected chi connectivity index (χ1v) is 18.1. The number of hydrogen-bond donors (Lipinski definition) is 1. The van der Waals surface area contributed by atoms with Crippen LogP contribution in [0.5, 0.6) is 0 Å². The van der Waals surface area contributed by atoms with E-state index >= 15 is 0 Å². The smallest absolute Gasteiger partial charge is 0.312 e. The SMILES string of the molecule is [C-]#[N+]C(C)(CCC(=O)O)CC(C)(CC(SC(=S)SCCCCCCCCCCCC)c1ccncc1)C(=O)OC(C)(C)C. The molecule has 3 unspecified atom stereocenters. The second kappa shape index (κ2) is 20.4. The fraction of sp³-hybridized carbons (Fsp3) is 0.735. The first-order valence-electron chi connectivity index (χ1n) is 15.8. The predicted molar refractivity (Wildman–Crippen MR) is 187 cm³/mol. The van der Waals surface area contributed by atoms with Gasteiger partial charge in [0.25, 0.3) is 0 Å². The summed E-state index contributed by atoms with van der Waals surface area (Å²) in [6.07, 6.45) is 17.1. The minimum Gasteiger partial charge on any atom is -0.481 e. The standard InChI is InChI=1S/C34H54N2O4S3/c1-8-9-10-11-12-13-14-15-16-17-24-42-31(41)43-28(27-19-22-36-23-20-27)25-33(5,30(39)40-32(2,3)4)26-34(6,35-7)21-18-29(37)38/h19-20,22-23,28H,8-18,21,24-26H2,1-6H3,(H,37,38). The summed E-state index contributed by atoms with van der Waals surface area (Å²) in [5, 5.41) is 9.13. The molecule has 9 heteroatoms. The summed E-state index contributed by atoms with van der Waals surface area (Å²) in [4.78, 5) is 33.1. The number of pyridine rings is 1. The number of carbonyl (C=O) groups excluding carboxylic acids is 1. The fourth-order valence-electron chi connectivity index (χ4n) is 5.14. The van der Waals surface area contributed by atoms with Crippen molar-refractivity contribution in [1.82, 2.24) is 4.98 Å². The molecule has 0 aliphatic rings. The van der Waals surface area contributed by atoms with Crippen LogP contribution in [0.3, 0.4) is 0 Å². The highest BCUT2D eigenvalue weighted by atomic mass is 32.2. The van der Waals surface area contributed by atoms with E-state index in [9.17, 15) is 14.7 Å². The molecule has 0 aliphatic carbocycles. The van der Waals surface area contributed by atoms with Crippen LogP contribution < -0.4 is 0 Å². The van der Waals surface area contributed by atoms with Gasteiger partial charge in [-0.15, -0.1) is 11.8 Å². The van der Waals surface area contributed by atoms with E-state index in [0.29, 0.717) is 6.42 Å². The topological polar surface area (TPSA) is 80.9 Å². The average molecular weight is 651 g/mol. The van der Waals surface area contributed by atoms with Crippen molar-refractivity contribution in [3.05, 3.63) is 41.5 Å². The first-order chi connectivity index (χ1) is 20.2. The second-order valence-corrected chi connectivity index (χ2v) is 16.6. The van der Waals surface area contributed by atoms with Crippen LogP contribution in [0, 0.1) is 12.0 Å². The van der Waals surface area contributed by atoms with E-state index < -0.39 is 22.5 Å². The molecule has 0 saturated heterocycles. The van der Waals surface area contributed by atoms with E-state index in [4.69, 9.17) is 23.5 Å². The number of nitrogens with zero attached hydrogens (tertiary/aromatic N) is 2. The Morgan fingerprint density at radius 1 is 1.00 bits per heavy atom. The highest BCUT2D eigenvalue weighted by molar-refractivity contribution is 8.47. The Labute approximate surface area is 275 Å². The molecule has 0 aromatic carbocycles. The summed E-state index contributed by atoms with van der Waals surface area (Å²) < 4.78 is 6.72. The maximum absolute atomic E-state index is 13.7. The molecule has 0 saturated carbocycles. The predicted octanol–water partition coefficient (Wildman–Crippen LogP) is 10.5. The molecule has 43 heavy (non-hydrogen) atoms. The van der Waals surface area contributed by atoms with E-state index in [1.165, 1.54) is 57.8 Å². The quantitative estimate of drug-likeness (QED) is 0.0609. The molecule has 1 N–H and O–H groups in total. The third kappa shape index (κ3) is 17.4. The van der Waals surface area contributed by atoms with Crippen LogP contribution in [0.4, 0.5) is 0 Å². The second-order valence-electron chi connectivity index (χ2n) is 13.1. The van der Waals surface area contributed by atoms with Gasteiger partial charge in [0.05, 0.1) is 11.8 Å². The molecule has 0 aliphatic heterocycles. The summed E-state index contributed by atoms with van der Waals surface area (Å²) in [6.45, 7) is 19.2. The fourth-order valence-corrected chi connectivity index (χ4v) is 8.10. The molecule has 1 rings (SSSR count). The number of rotatable bonds is 21. The number of carbonyl (C=O) groups is 2. The molecule has 6 nitrogen and oxygen atoms in total. The lowest BCUT2D eigenvalue weighted by molar-refractivity contribution is -0.168. The zero-order chi connectivity index (χ0) is 32.4. The van der Waals surface area contributed by atoms with Crippen molar-refractivity contribution in [1.29, 1.82) is 0 Å². The normalized spacial score (nSPS) is 15.1. The molecule has 242 valence electrons. The molecule has 1 heterocycles. The van der Waals surface area contributed by atoms with Crippen molar-refractivity contribution in [2.24, 2.45) is 5.41 Å². The Morgan fingerprint density at radius 3 is 2.07 bits per heavy atom. The van der Waals surface area contributed by atoms with Crippen molar-refractivity contribution in [3.63, 3.8) is 0 Å². The summed E-state index contributed by atoms with van der Waals surface area (Å²) in [6, 6.07) is 3.89. The lowest BCUT2D eigenvalue weighted by atomic mass is 9.72. The maximum atomic E-state index is 13.7. The number of carboxylic acid groups (broad SMARTS) is 1. The van der Waals surface area contributed by atoms with E-state index in [2.05, 4.69) is 16.8 Å². The Morgan fingerprint density at radius 2 is 1.56 bits per heavy atom. The highest BCUT2D eigenvalue weighted by Crippen LogP contribution is 2.47. The van der Waals surface area contributed by atoms with Crippen molar-refractivity contribution < 1.29 is 19.4 Å². The van der Waals surface area contributed by atoms with Crippen LogP contribution in [0.2, 0.25) is 0 Å². The van der Waals surface area contributed by atoms with Gasteiger partial charge < -0.3 is 14.7 Å². The van der Waals surface area contributed by atoms with Crippen LogP contribution in [0.15, 0.2) is 24.5 Å². The van der Waals surface area contributed by atoms with Crippen LogP contribution in [0.25, 0.3) is 4.85 Å². The van der Waals surface area contributed by atoms with Crippen LogP contribution in [-0.4, -0.2) is 42.5 Å². The Kier molecular flexibility index (Phi) is 18.7. The zero-order valence-electron chi connectivity index (χ0n) is 27.3. The molecular formula is C34H54N2O4S3. The van der Waals surface area contributed by atoms with Crippen molar-refractivity contribution in [3.8, 4) is 0 Å². The molecule has 1 aromatic heterocycles. The lowest BCUT2D eigenvalue weighted by Crippen LogP contribution is -2.41. The Hall–Kier alpha value is -1.63. The van der Waals surface area contributed by atoms with Crippen LogP contribution in [-0.2, 0) is 14.3 Å². The number of esters is 1. The van der Waals surface area contributed by atoms with Gasteiger partial charge in [0.2, 0.25) is 5.54 Å². The van der Waals surface area contributed by atoms with Crippen LogP contribution in [0.1, 0.15) is 142 Å². The third-order valence-electron chi connectivity index (χ3n) is 7.48. The van der Waals surface area contributed by atoms with Gasteiger partial charge in [-0.05, 0) is 64.0 Å². The summed E-state index contributed by atoms with van der Waals surface area (Å²) >= 11 is 9.11. The third-order valence-corrected chi connectivity index (χ3v) is 10.4. The van der Waals surface area contributed by atoms with Gasteiger partial charge in [0.15, 0.2) is 0 Å². The Balaban J connectivity index is 2.93. The van der Waals surface area contributed by atoms with Crippen molar-refractivity contribution in [2.75, 3.05) is 5.75 Å². The van der Waals surface area contributed by atoms with Gasteiger partial charge in [-0.3, -0.25) is 14.6 Å². The molecule has 0 radical (unpaired) electrons. The van der Waals surface area contributed by atoms with Gasteiger partial charge in [-0.2, -0.15) is 0 Å². The largest absolute Gasteiger partial charge is 0.481 e. The summed E-state index contributed by atoms with van der Waals surface area (Å²) in [5.41, 5.74) is -1.76. The number of unbranched alkanes of at least 4 members (excludes halogenated alkanes) is 9. The van der Waals surface area contributed by atoms with Gasteiger partial charge >= 0.3 is 11.9 Å². The van der Waals surface area contributed by atoms with E-state index in [0.717, 1.165) is 21.3 Å². The molecule has 1 aromatic rings. The Bertz CT molecular complexity index is 1020. The molecule has 0 bridgehead atoms. The summed E-state index contributed by atoms with van der Waals surface area (Å²) in [7, 11) is 0. The van der Waals surface area contributed by atoms with Gasteiger partial charge in [-0.25, -0.2) is 6.57 Å². The van der Waals surface area contributed by atoms with Crippen molar-refractivity contribution >= 4 is 51.2 Å². The molecule has 0 amide bonds. The highest BCUT2D eigenvalue weighted by Gasteiger charge is 2.48. The molecular weight excluding hydrogens is 597 g/mol. The minimum absolute atomic E-state index is 0.133. The maximum Gasteiger partial charge on any atom is 0.312 e. The lowest BCUT2D eigenvalue weighted by Gasteiger charge is -2.36. The number of ether oxygens (including phenoxy) is 1. The number of thiocarbonyl (C=S) groups is 1. The number of aromatic nitrogens is 1. The molecule has 3 atom stereocenters. The minimum atomic E-state index is -1.04. The monoisotopic (exact) mass is 650 g/mol. The number of aliphatic carboxylic acids is 1. The van der Waals surface area contributed by atoms with Crippen LogP contribution >= 0.6 is 35.7 Å². The van der Waals surface area contributed by atoms with E-state index in [1.54, 1.807) is 42.8 Å². The number of hydrogen-bond acceptors (Lipinski definition) is 7. The first kappa shape index (κ1) is 39.4. The molecule has 0 fully saturated rings. The zero-order valence-corrected chi connectivity index (χ0v) is 29.7. The van der Waals surface area contributed by atoms with Gasteiger partial charge in [-0.1, -0.05) is 88.7 Å². The average Bonchev–Trinajstić information content (AvgIpc) is 2.94. The summed E-state index contributed by atoms with van der Waals surface area (Å²) in [5.74, 6) is -0.364. The van der Waals surface area contributed by atoms with Crippen molar-refractivity contribution in [2.45, 2.75) is 148 Å². The number of carboxylic acids is 1. The van der Waals surface area contributed by atoms with E-state index in [1.807, 2.05) is 39.8 Å².